The van der Waals surface area contributed by atoms with Gasteiger partial charge in [-0.05, 0) is 24.6 Å². The predicted molar refractivity (Wildman–Crippen MR) is 125 cm³/mol. The second-order valence-corrected chi connectivity index (χ2v) is 6.42. The number of aldehydes is 2. The number of carbonyl (C=O) groups is 4. The van der Waals surface area contributed by atoms with Crippen molar-refractivity contribution in [3.8, 4) is 0 Å². The normalized spacial score (nSPS) is 13.4. The Labute approximate surface area is 186 Å². The van der Waals surface area contributed by atoms with Crippen molar-refractivity contribution in [1.82, 2.24) is 15.5 Å². The SMILES string of the molecule is CC.CC.CNC(=O)C(CCC=O)N(C)C(=O)c1cc(N2CCNCC2)ccc1C=O. The standard InChI is InChI=1S/C19H26N4O4.2C2H6/c1-20-18(26)17(4-3-11-24)22(2)19(27)16-12-15(6-5-14(16)13-25)23-9-7-21-8-10-23;2*1-2/h5-6,11-13,17,21H,3-4,7-10H2,1-2H3,(H,20,26);2*1-2H3. The van der Waals surface area contributed by atoms with E-state index < -0.39 is 11.9 Å². The van der Waals surface area contributed by atoms with Crippen LogP contribution < -0.4 is 15.5 Å². The highest BCUT2D eigenvalue weighted by molar-refractivity contribution is 6.04. The summed E-state index contributed by atoms with van der Waals surface area (Å²) in [5, 5.41) is 5.79. The second kappa shape index (κ2) is 16.0. The van der Waals surface area contributed by atoms with E-state index in [9.17, 15) is 19.2 Å². The topological polar surface area (TPSA) is 98.8 Å². The van der Waals surface area contributed by atoms with E-state index >= 15 is 0 Å². The Morgan fingerprint density at radius 1 is 1.16 bits per heavy atom. The van der Waals surface area contributed by atoms with Gasteiger partial charge in [-0.25, -0.2) is 0 Å². The minimum absolute atomic E-state index is 0.164. The Hall–Kier alpha value is -2.74. The molecule has 2 N–H and O–H groups in total. The highest BCUT2D eigenvalue weighted by atomic mass is 16.2. The minimum Gasteiger partial charge on any atom is -0.369 e. The van der Waals surface area contributed by atoms with Gasteiger partial charge in [0.25, 0.3) is 5.91 Å². The van der Waals surface area contributed by atoms with Crippen LogP contribution >= 0.6 is 0 Å². The summed E-state index contributed by atoms with van der Waals surface area (Å²) in [4.78, 5) is 50.8. The molecule has 2 amide bonds. The summed E-state index contributed by atoms with van der Waals surface area (Å²) in [5.41, 5.74) is 1.39. The number of carbonyl (C=O) groups excluding carboxylic acids is 4. The molecule has 1 aliphatic rings. The Bertz CT molecular complexity index is 703. The largest absolute Gasteiger partial charge is 0.369 e. The fraction of sp³-hybridized carbons (Fsp3) is 0.565. The van der Waals surface area contributed by atoms with Crippen molar-refractivity contribution in [2.75, 3.05) is 45.2 Å². The molecule has 2 rings (SSSR count). The molecule has 1 unspecified atom stereocenters. The first-order valence-electron chi connectivity index (χ1n) is 11.0. The number of amides is 2. The van der Waals surface area contributed by atoms with Crippen LogP contribution in [0.1, 0.15) is 61.3 Å². The lowest BCUT2D eigenvalue weighted by Crippen LogP contribution is -2.47. The lowest BCUT2D eigenvalue weighted by atomic mass is 10.0. The highest BCUT2D eigenvalue weighted by Gasteiger charge is 2.28. The number of rotatable bonds is 8. The van der Waals surface area contributed by atoms with E-state index in [1.54, 1.807) is 12.1 Å². The van der Waals surface area contributed by atoms with E-state index in [1.165, 1.54) is 19.0 Å². The molecule has 1 heterocycles. The summed E-state index contributed by atoms with van der Waals surface area (Å²) in [6.07, 6.45) is 1.75. The molecule has 174 valence electrons. The maximum Gasteiger partial charge on any atom is 0.255 e. The third-order valence-corrected chi connectivity index (χ3v) is 4.77. The highest BCUT2D eigenvalue weighted by Crippen LogP contribution is 2.22. The quantitative estimate of drug-likeness (QED) is 0.608. The molecule has 1 aromatic carbocycles. The van der Waals surface area contributed by atoms with Crippen molar-refractivity contribution in [3.63, 3.8) is 0 Å². The first kappa shape index (κ1) is 28.3. The monoisotopic (exact) mass is 434 g/mol. The zero-order valence-corrected chi connectivity index (χ0v) is 19.7. The van der Waals surface area contributed by atoms with Gasteiger partial charge < -0.3 is 25.2 Å². The molecular weight excluding hydrogens is 396 g/mol. The van der Waals surface area contributed by atoms with E-state index in [0.717, 1.165) is 38.2 Å². The molecule has 8 heteroatoms. The summed E-state index contributed by atoms with van der Waals surface area (Å²) < 4.78 is 0. The van der Waals surface area contributed by atoms with Crippen LogP contribution in [-0.4, -0.2) is 75.6 Å². The molecule has 1 aliphatic heterocycles. The van der Waals surface area contributed by atoms with Gasteiger partial charge in [-0.2, -0.15) is 0 Å². The lowest BCUT2D eigenvalue weighted by molar-refractivity contribution is -0.125. The summed E-state index contributed by atoms with van der Waals surface area (Å²) in [6, 6.07) is 4.38. The van der Waals surface area contributed by atoms with Crippen LogP contribution in [0.3, 0.4) is 0 Å². The van der Waals surface area contributed by atoms with Gasteiger partial charge in [-0.1, -0.05) is 27.7 Å². The van der Waals surface area contributed by atoms with Gasteiger partial charge in [0, 0.05) is 57.9 Å². The Morgan fingerprint density at radius 3 is 2.29 bits per heavy atom. The number of nitrogens with one attached hydrogen (secondary N) is 2. The molecule has 1 atom stereocenters. The fourth-order valence-electron chi connectivity index (χ4n) is 3.18. The average Bonchev–Trinajstić information content (AvgIpc) is 2.85. The van der Waals surface area contributed by atoms with E-state index in [1.807, 2.05) is 33.8 Å². The van der Waals surface area contributed by atoms with Gasteiger partial charge >= 0.3 is 0 Å². The Morgan fingerprint density at radius 2 is 1.77 bits per heavy atom. The zero-order chi connectivity index (χ0) is 23.8. The molecular formula is C23H38N4O4. The van der Waals surface area contributed by atoms with Crippen molar-refractivity contribution in [3.05, 3.63) is 29.3 Å². The van der Waals surface area contributed by atoms with Crippen LogP contribution in [0.5, 0.6) is 0 Å². The molecule has 1 fully saturated rings. The van der Waals surface area contributed by atoms with Crippen LogP contribution in [0.2, 0.25) is 0 Å². The van der Waals surface area contributed by atoms with Gasteiger partial charge in [0.2, 0.25) is 5.91 Å². The molecule has 0 saturated carbocycles. The molecule has 0 radical (unpaired) electrons. The second-order valence-electron chi connectivity index (χ2n) is 6.42. The summed E-state index contributed by atoms with van der Waals surface area (Å²) in [6.45, 7) is 11.3. The van der Waals surface area contributed by atoms with Gasteiger partial charge in [-0.3, -0.25) is 14.4 Å². The molecule has 1 saturated heterocycles. The van der Waals surface area contributed by atoms with Crippen molar-refractivity contribution in [1.29, 1.82) is 0 Å². The van der Waals surface area contributed by atoms with E-state index in [0.29, 0.717) is 6.29 Å². The lowest BCUT2D eigenvalue weighted by Gasteiger charge is -2.31. The maximum atomic E-state index is 13.1. The number of nitrogens with zero attached hydrogens (tertiary/aromatic N) is 2. The van der Waals surface area contributed by atoms with Crippen LogP contribution in [0.15, 0.2) is 18.2 Å². The molecule has 1 aromatic rings. The number of piperazine rings is 1. The van der Waals surface area contributed by atoms with Crippen LogP contribution in [0, 0.1) is 0 Å². The number of anilines is 1. The van der Waals surface area contributed by atoms with Gasteiger partial charge in [-0.15, -0.1) is 0 Å². The van der Waals surface area contributed by atoms with Gasteiger partial charge in [0.15, 0.2) is 6.29 Å². The number of hydrogen-bond donors (Lipinski definition) is 2. The van der Waals surface area contributed by atoms with Crippen molar-refractivity contribution in [2.45, 2.75) is 46.6 Å². The van der Waals surface area contributed by atoms with Crippen molar-refractivity contribution < 1.29 is 19.2 Å². The average molecular weight is 435 g/mol. The summed E-state index contributed by atoms with van der Waals surface area (Å²) in [7, 11) is 3.00. The molecule has 0 aromatic heterocycles. The fourth-order valence-corrected chi connectivity index (χ4v) is 3.18. The van der Waals surface area contributed by atoms with E-state index in [4.69, 9.17) is 0 Å². The first-order chi connectivity index (χ1) is 15.0. The zero-order valence-electron chi connectivity index (χ0n) is 19.7. The maximum absolute atomic E-state index is 13.1. The van der Waals surface area contributed by atoms with Crippen LogP contribution in [0.25, 0.3) is 0 Å². The number of likely N-dealkylation sites (N-methyl/N-ethyl adjacent to an activating group) is 2. The molecule has 0 spiro atoms. The van der Waals surface area contributed by atoms with Crippen molar-refractivity contribution >= 4 is 30.1 Å². The van der Waals surface area contributed by atoms with Crippen molar-refractivity contribution in [2.24, 2.45) is 0 Å². The van der Waals surface area contributed by atoms with Gasteiger partial charge in [0.05, 0.1) is 5.56 Å². The predicted octanol–water partition coefficient (Wildman–Crippen LogP) is 2.13. The minimum atomic E-state index is -0.782. The van der Waals surface area contributed by atoms with E-state index in [2.05, 4.69) is 15.5 Å². The summed E-state index contributed by atoms with van der Waals surface area (Å²) in [5.74, 6) is -0.771. The Balaban J connectivity index is 0.00000212. The summed E-state index contributed by atoms with van der Waals surface area (Å²) >= 11 is 0. The number of benzene rings is 1. The molecule has 0 aliphatic carbocycles. The third kappa shape index (κ3) is 8.13. The molecule has 0 bridgehead atoms. The smallest absolute Gasteiger partial charge is 0.255 e. The van der Waals surface area contributed by atoms with Gasteiger partial charge in [0.1, 0.15) is 12.3 Å². The van der Waals surface area contributed by atoms with Crippen LogP contribution in [0.4, 0.5) is 5.69 Å². The van der Waals surface area contributed by atoms with Crippen LogP contribution in [-0.2, 0) is 9.59 Å². The molecule has 31 heavy (non-hydrogen) atoms. The third-order valence-electron chi connectivity index (χ3n) is 4.77. The van der Waals surface area contributed by atoms with E-state index in [-0.39, 0.29) is 29.9 Å². The Kier molecular flexibility index (Phi) is 14.6. The number of hydrogen-bond acceptors (Lipinski definition) is 6. The molecule has 8 nitrogen and oxygen atoms in total. The first-order valence-corrected chi connectivity index (χ1v) is 11.0.